The number of ether oxygens (including phenoxy) is 1. The molecule has 0 amide bonds. The Kier molecular flexibility index (Phi) is 13.8. The van der Waals surface area contributed by atoms with E-state index in [1.807, 2.05) is 13.8 Å². The fourth-order valence-corrected chi connectivity index (χ4v) is 2.95. The quantitative estimate of drug-likeness (QED) is 0.192. The molecule has 0 radical (unpaired) electrons. The molecule has 0 aliphatic carbocycles. The van der Waals surface area contributed by atoms with Gasteiger partial charge in [-0.15, -0.1) is 24.0 Å². The smallest absolute Gasteiger partial charge is 0.240 e. The molecule has 0 spiro atoms. The molecule has 0 saturated carbocycles. The molecule has 9 heteroatoms. The van der Waals surface area contributed by atoms with E-state index in [4.69, 9.17) is 4.74 Å². The van der Waals surface area contributed by atoms with E-state index < -0.39 is 10.0 Å². The van der Waals surface area contributed by atoms with E-state index in [1.165, 1.54) is 0 Å². The number of benzene rings is 1. The summed E-state index contributed by atoms with van der Waals surface area (Å²) in [5.41, 5.74) is 0. The molecule has 0 bridgehead atoms. The van der Waals surface area contributed by atoms with Crippen LogP contribution < -0.4 is 15.4 Å². The Bertz CT molecular complexity index is 582. The van der Waals surface area contributed by atoms with Gasteiger partial charge >= 0.3 is 0 Å². The highest BCUT2D eigenvalue weighted by molar-refractivity contribution is 14.0. The van der Waals surface area contributed by atoms with Crippen LogP contribution in [0.5, 0.6) is 0 Å². The van der Waals surface area contributed by atoms with Crippen LogP contribution in [0, 0.1) is 0 Å². The zero-order valence-electron chi connectivity index (χ0n) is 14.8. The minimum Gasteiger partial charge on any atom is -0.382 e. The molecule has 0 atom stereocenters. The molecular weight excluding hydrogens is 455 g/mol. The lowest BCUT2D eigenvalue weighted by Crippen LogP contribution is -2.41. The number of hydrogen-bond donors (Lipinski definition) is 3. The van der Waals surface area contributed by atoms with Crippen molar-refractivity contribution >= 4 is 40.0 Å². The molecule has 0 heterocycles. The van der Waals surface area contributed by atoms with E-state index in [0.29, 0.717) is 32.3 Å². The molecule has 0 saturated heterocycles. The second kappa shape index (κ2) is 14.3. The predicted octanol–water partition coefficient (Wildman–Crippen LogP) is 1.56. The summed E-state index contributed by atoms with van der Waals surface area (Å²) in [5, 5.41) is 6.23. The highest BCUT2D eigenvalue weighted by atomic mass is 127. The van der Waals surface area contributed by atoms with Gasteiger partial charge in [0.1, 0.15) is 0 Å². The van der Waals surface area contributed by atoms with Gasteiger partial charge in [0.05, 0.1) is 4.90 Å². The van der Waals surface area contributed by atoms with E-state index in [9.17, 15) is 8.42 Å². The zero-order chi connectivity index (χ0) is 17.7. The van der Waals surface area contributed by atoms with E-state index >= 15 is 0 Å². The number of halogens is 1. The summed E-state index contributed by atoms with van der Waals surface area (Å²) in [4.78, 5) is 4.68. The standard InChI is InChI=1S/C16H28N4O3S.HI/c1-3-17-16(18-11-8-14-23-4-2)19-12-13-20-24(21,22)15-9-6-5-7-10-15;/h5-7,9-10,20H,3-4,8,11-14H2,1-2H3,(H2,17,18,19);1H. The Labute approximate surface area is 168 Å². The summed E-state index contributed by atoms with van der Waals surface area (Å²) in [6.45, 7) is 7.48. The third-order valence-corrected chi connectivity index (χ3v) is 4.51. The molecule has 1 rings (SSSR count). The van der Waals surface area contributed by atoms with Crippen LogP contribution in [0.2, 0.25) is 0 Å². The molecule has 1 aromatic carbocycles. The number of hydrogen-bond acceptors (Lipinski definition) is 4. The Morgan fingerprint density at radius 1 is 1.12 bits per heavy atom. The number of rotatable bonds is 11. The molecule has 1 aromatic rings. The molecule has 0 fully saturated rings. The second-order valence-corrected chi connectivity index (χ2v) is 6.72. The minimum absolute atomic E-state index is 0. The maximum absolute atomic E-state index is 12.1. The van der Waals surface area contributed by atoms with Gasteiger partial charge in [0.2, 0.25) is 10.0 Å². The van der Waals surface area contributed by atoms with Crippen molar-refractivity contribution in [2.24, 2.45) is 4.99 Å². The molecule has 7 nitrogen and oxygen atoms in total. The van der Waals surface area contributed by atoms with Gasteiger partial charge in [-0.1, -0.05) is 18.2 Å². The fraction of sp³-hybridized carbons (Fsp3) is 0.562. The largest absolute Gasteiger partial charge is 0.382 e. The monoisotopic (exact) mass is 484 g/mol. The Morgan fingerprint density at radius 2 is 1.84 bits per heavy atom. The first-order valence-corrected chi connectivity index (χ1v) is 9.73. The van der Waals surface area contributed by atoms with E-state index in [0.717, 1.165) is 13.0 Å². The van der Waals surface area contributed by atoms with Crippen molar-refractivity contribution < 1.29 is 13.2 Å². The number of sulfonamides is 1. The van der Waals surface area contributed by atoms with Gasteiger partial charge < -0.3 is 15.4 Å². The van der Waals surface area contributed by atoms with Crippen molar-refractivity contribution in [1.29, 1.82) is 0 Å². The molecule has 0 unspecified atom stereocenters. The summed E-state index contributed by atoms with van der Waals surface area (Å²) >= 11 is 0. The summed E-state index contributed by atoms with van der Waals surface area (Å²) in [6.07, 6.45) is 0.852. The fourth-order valence-electron chi connectivity index (χ4n) is 1.89. The SMILES string of the molecule is CCNC(=NCCCOCC)NCCNS(=O)(=O)c1ccccc1.I. The molecule has 3 N–H and O–H groups in total. The summed E-state index contributed by atoms with van der Waals surface area (Å²) in [7, 11) is -3.46. The predicted molar refractivity (Wildman–Crippen MR) is 112 cm³/mol. The summed E-state index contributed by atoms with van der Waals surface area (Å²) in [5.74, 6) is 0.674. The molecular formula is C16H29IN4O3S. The topological polar surface area (TPSA) is 91.8 Å². The van der Waals surface area contributed by atoms with Gasteiger partial charge in [-0.2, -0.15) is 0 Å². The molecule has 144 valence electrons. The zero-order valence-corrected chi connectivity index (χ0v) is 18.0. The third-order valence-electron chi connectivity index (χ3n) is 3.03. The molecule has 0 aromatic heterocycles. The Morgan fingerprint density at radius 3 is 2.48 bits per heavy atom. The highest BCUT2D eigenvalue weighted by Gasteiger charge is 2.11. The van der Waals surface area contributed by atoms with Crippen molar-refractivity contribution in [2.45, 2.75) is 25.2 Å². The number of nitrogens with zero attached hydrogens (tertiary/aromatic N) is 1. The van der Waals surface area contributed by atoms with Crippen LogP contribution in [0.15, 0.2) is 40.2 Å². The van der Waals surface area contributed by atoms with Crippen LogP contribution in [-0.2, 0) is 14.8 Å². The van der Waals surface area contributed by atoms with Gasteiger partial charge in [-0.05, 0) is 32.4 Å². The summed E-state index contributed by atoms with van der Waals surface area (Å²) < 4.78 is 32.0. The van der Waals surface area contributed by atoms with Crippen LogP contribution in [0.4, 0.5) is 0 Å². The lowest BCUT2D eigenvalue weighted by Gasteiger charge is -2.12. The van der Waals surface area contributed by atoms with E-state index in [1.54, 1.807) is 30.3 Å². The minimum atomic E-state index is -3.46. The van der Waals surface area contributed by atoms with Gasteiger partial charge in [0, 0.05) is 39.4 Å². The van der Waals surface area contributed by atoms with Gasteiger partial charge in [-0.3, -0.25) is 4.99 Å². The average Bonchev–Trinajstić information content (AvgIpc) is 2.59. The van der Waals surface area contributed by atoms with Crippen molar-refractivity contribution in [3.05, 3.63) is 30.3 Å². The van der Waals surface area contributed by atoms with Crippen molar-refractivity contribution in [2.75, 3.05) is 39.4 Å². The molecule has 0 aliphatic rings. The normalized spacial score (nSPS) is 11.7. The van der Waals surface area contributed by atoms with Crippen molar-refractivity contribution in [3.8, 4) is 0 Å². The van der Waals surface area contributed by atoms with E-state index in [2.05, 4.69) is 20.3 Å². The van der Waals surface area contributed by atoms with Gasteiger partial charge in [0.25, 0.3) is 0 Å². The highest BCUT2D eigenvalue weighted by Crippen LogP contribution is 2.06. The number of aliphatic imine (C=N–C) groups is 1. The summed E-state index contributed by atoms with van der Waals surface area (Å²) in [6, 6.07) is 8.32. The third kappa shape index (κ3) is 10.6. The molecule has 0 aliphatic heterocycles. The number of nitrogens with one attached hydrogen (secondary N) is 3. The van der Waals surface area contributed by atoms with Gasteiger partial charge in [0.15, 0.2) is 5.96 Å². The van der Waals surface area contributed by atoms with Gasteiger partial charge in [-0.25, -0.2) is 13.1 Å². The first-order valence-electron chi connectivity index (χ1n) is 8.24. The van der Waals surface area contributed by atoms with Crippen LogP contribution >= 0.6 is 24.0 Å². The second-order valence-electron chi connectivity index (χ2n) is 4.95. The lowest BCUT2D eigenvalue weighted by atomic mass is 10.4. The van der Waals surface area contributed by atoms with Crippen LogP contribution in [0.25, 0.3) is 0 Å². The van der Waals surface area contributed by atoms with Crippen LogP contribution in [0.1, 0.15) is 20.3 Å². The molecule has 25 heavy (non-hydrogen) atoms. The van der Waals surface area contributed by atoms with Crippen molar-refractivity contribution in [1.82, 2.24) is 15.4 Å². The lowest BCUT2D eigenvalue weighted by molar-refractivity contribution is 0.146. The van der Waals surface area contributed by atoms with Crippen LogP contribution in [-0.4, -0.2) is 53.8 Å². The Balaban J connectivity index is 0.00000576. The van der Waals surface area contributed by atoms with Crippen molar-refractivity contribution in [3.63, 3.8) is 0 Å². The first kappa shape index (κ1) is 24.1. The van der Waals surface area contributed by atoms with Crippen LogP contribution in [0.3, 0.4) is 0 Å². The number of guanidine groups is 1. The Hall–Kier alpha value is -0.910. The van der Waals surface area contributed by atoms with E-state index in [-0.39, 0.29) is 35.4 Å². The average molecular weight is 484 g/mol. The maximum Gasteiger partial charge on any atom is 0.240 e. The first-order chi connectivity index (χ1) is 11.6. The maximum atomic E-state index is 12.1.